The van der Waals surface area contributed by atoms with Crippen molar-refractivity contribution in [2.75, 3.05) is 18.5 Å². The summed E-state index contributed by atoms with van der Waals surface area (Å²) in [7, 11) is 0. The summed E-state index contributed by atoms with van der Waals surface area (Å²) in [5.41, 5.74) is 2.08. The molecule has 0 atom stereocenters. The topological polar surface area (TPSA) is 81.7 Å². The van der Waals surface area contributed by atoms with Crippen LogP contribution in [-0.2, 0) is 20.7 Å². The smallest absolute Gasteiger partial charge is 0.344 e. The quantitative estimate of drug-likeness (QED) is 0.589. The Hall–Kier alpha value is -3.15. The van der Waals surface area contributed by atoms with Gasteiger partial charge in [0.1, 0.15) is 5.75 Å². The van der Waals surface area contributed by atoms with Crippen LogP contribution < -0.4 is 10.1 Å². The number of hydrogen-bond donors (Lipinski definition) is 1. The normalized spacial score (nSPS) is 9.96. The lowest BCUT2D eigenvalue weighted by molar-refractivity contribution is -0.149. The third-order valence-electron chi connectivity index (χ3n) is 3.37. The number of aldehydes is 1. The number of rotatable bonds is 8. The van der Waals surface area contributed by atoms with E-state index in [1.807, 2.05) is 25.1 Å². The lowest BCUT2D eigenvalue weighted by Gasteiger charge is -2.09. The molecule has 0 unspecified atom stereocenters. The molecule has 0 aliphatic heterocycles. The van der Waals surface area contributed by atoms with Gasteiger partial charge in [-0.2, -0.15) is 0 Å². The summed E-state index contributed by atoms with van der Waals surface area (Å²) in [6.45, 7) is 1.23. The fraction of sp³-hybridized carbons (Fsp3) is 0.211. The minimum absolute atomic E-state index is 0.287. The van der Waals surface area contributed by atoms with Gasteiger partial charge >= 0.3 is 5.97 Å². The number of ether oxygens (including phenoxy) is 2. The molecule has 0 aromatic heterocycles. The van der Waals surface area contributed by atoms with E-state index < -0.39 is 18.5 Å². The van der Waals surface area contributed by atoms with Gasteiger partial charge in [0.2, 0.25) is 0 Å². The first-order valence-corrected chi connectivity index (χ1v) is 7.83. The molecular formula is C19H19NO5. The van der Waals surface area contributed by atoms with E-state index in [2.05, 4.69) is 5.32 Å². The predicted octanol–water partition coefficient (Wildman–Crippen LogP) is 2.62. The Morgan fingerprint density at radius 1 is 1.08 bits per heavy atom. The van der Waals surface area contributed by atoms with Gasteiger partial charge in [0.05, 0.1) is 5.56 Å². The second kappa shape index (κ2) is 9.22. The van der Waals surface area contributed by atoms with Crippen molar-refractivity contribution >= 4 is 23.9 Å². The van der Waals surface area contributed by atoms with Crippen LogP contribution in [0.2, 0.25) is 0 Å². The van der Waals surface area contributed by atoms with Crippen molar-refractivity contribution in [3.63, 3.8) is 0 Å². The van der Waals surface area contributed by atoms with Crippen LogP contribution in [0.1, 0.15) is 22.8 Å². The number of carbonyl (C=O) groups is 3. The van der Waals surface area contributed by atoms with Crippen molar-refractivity contribution in [1.82, 2.24) is 0 Å². The molecule has 2 aromatic carbocycles. The molecule has 0 bridgehead atoms. The summed E-state index contributed by atoms with van der Waals surface area (Å²) in [4.78, 5) is 34.3. The fourth-order valence-electron chi connectivity index (χ4n) is 2.10. The van der Waals surface area contributed by atoms with Gasteiger partial charge in [0, 0.05) is 5.69 Å². The minimum Gasteiger partial charge on any atom is -0.481 e. The lowest BCUT2D eigenvalue weighted by Crippen LogP contribution is -2.23. The fourth-order valence-corrected chi connectivity index (χ4v) is 2.10. The van der Waals surface area contributed by atoms with Crippen LogP contribution in [0.4, 0.5) is 5.69 Å². The molecule has 2 rings (SSSR count). The number of benzene rings is 2. The molecule has 0 spiro atoms. The first kappa shape index (κ1) is 18.2. The number of amides is 1. The van der Waals surface area contributed by atoms with Crippen molar-refractivity contribution in [2.45, 2.75) is 13.3 Å². The van der Waals surface area contributed by atoms with E-state index in [1.165, 1.54) is 0 Å². The molecule has 0 saturated carbocycles. The van der Waals surface area contributed by atoms with E-state index in [0.717, 1.165) is 12.0 Å². The Morgan fingerprint density at radius 2 is 1.88 bits per heavy atom. The molecule has 130 valence electrons. The van der Waals surface area contributed by atoms with Gasteiger partial charge in [0.15, 0.2) is 19.5 Å². The van der Waals surface area contributed by atoms with Crippen LogP contribution in [0.5, 0.6) is 5.75 Å². The summed E-state index contributed by atoms with van der Waals surface area (Å²) in [5.74, 6) is -0.844. The molecule has 1 amide bonds. The maximum absolute atomic E-state index is 11.8. The Kier molecular flexibility index (Phi) is 6.71. The first-order chi connectivity index (χ1) is 12.1. The summed E-state index contributed by atoms with van der Waals surface area (Å²) in [6, 6.07) is 14.0. The monoisotopic (exact) mass is 341 g/mol. The van der Waals surface area contributed by atoms with Gasteiger partial charge < -0.3 is 14.8 Å². The van der Waals surface area contributed by atoms with Crippen molar-refractivity contribution in [3.8, 4) is 5.75 Å². The second-order valence-electron chi connectivity index (χ2n) is 5.21. The number of anilines is 1. The molecule has 2 aromatic rings. The average Bonchev–Trinajstić information content (AvgIpc) is 2.65. The van der Waals surface area contributed by atoms with E-state index in [-0.39, 0.29) is 12.4 Å². The van der Waals surface area contributed by atoms with Crippen molar-refractivity contribution in [3.05, 3.63) is 59.7 Å². The highest BCUT2D eigenvalue weighted by Crippen LogP contribution is 2.15. The summed E-state index contributed by atoms with van der Waals surface area (Å²) in [6.07, 6.45) is 1.50. The maximum atomic E-state index is 11.8. The van der Waals surface area contributed by atoms with Gasteiger partial charge in [-0.05, 0) is 36.2 Å². The van der Waals surface area contributed by atoms with Crippen LogP contribution in [-0.4, -0.2) is 31.4 Å². The number of aryl methyl sites for hydroxylation is 1. The molecule has 1 N–H and O–H groups in total. The SMILES string of the molecule is CCc1cccc(NC(=O)COC(=O)COc2ccccc2C=O)c1. The number of esters is 1. The molecule has 0 fully saturated rings. The van der Waals surface area contributed by atoms with Crippen LogP contribution in [0.3, 0.4) is 0 Å². The molecule has 0 aliphatic carbocycles. The maximum Gasteiger partial charge on any atom is 0.344 e. The number of nitrogens with one attached hydrogen (secondary N) is 1. The third kappa shape index (κ3) is 5.76. The summed E-state index contributed by atoms with van der Waals surface area (Å²) >= 11 is 0. The number of para-hydroxylation sites is 1. The highest BCUT2D eigenvalue weighted by Gasteiger charge is 2.10. The largest absolute Gasteiger partial charge is 0.481 e. The van der Waals surface area contributed by atoms with E-state index in [9.17, 15) is 14.4 Å². The molecule has 0 radical (unpaired) electrons. The summed E-state index contributed by atoms with van der Waals surface area (Å²) in [5, 5.41) is 2.66. The van der Waals surface area contributed by atoms with E-state index in [1.54, 1.807) is 30.3 Å². The number of hydrogen-bond acceptors (Lipinski definition) is 5. The highest BCUT2D eigenvalue weighted by molar-refractivity contribution is 5.92. The van der Waals surface area contributed by atoms with Crippen LogP contribution in [0, 0.1) is 0 Å². The van der Waals surface area contributed by atoms with Crippen LogP contribution >= 0.6 is 0 Å². The Bertz CT molecular complexity index is 757. The Morgan fingerprint density at radius 3 is 2.64 bits per heavy atom. The van der Waals surface area contributed by atoms with Gasteiger partial charge in [0.25, 0.3) is 5.91 Å². The van der Waals surface area contributed by atoms with E-state index in [4.69, 9.17) is 9.47 Å². The highest BCUT2D eigenvalue weighted by atomic mass is 16.6. The van der Waals surface area contributed by atoms with Crippen LogP contribution in [0.25, 0.3) is 0 Å². The van der Waals surface area contributed by atoms with Crippen LogP contribution in [0.15, 0.2) is 48.5 Å². The van der Waals surface area contributed by atoms with Gasteiger partial charge in [-0.25, -0.2) is 4.79 Å². The van der Waals surface area contributed by atoms with Crippen molar-refractivity contribution in [2.24, 2.45) is 0 Å². The molecule has 0 heterocycles. The van der Waals surface area contributed by atoms with Gasteiger partial charge in [-0.1, -0.05) is 31.2 Å². The Balaban J connectivity index is 1.77. The molecule has 6 nitrogen and oxygen atoms in total. The third-order valence-corrected chi connectivity index (χ3v) is 3.37. The molecule has 0 aliphatic rings. The van der Waals surface area contributed by atoms with Gasteiger partial charge in [-0.3, -0.25) is 9.59 Å². The molecule has 6 heteroatoms. The second-order valence-corrected chi connectivity index (χ2v) is 5.21. The lowest BCUT2D eigenvalue weighted by atomic mass is 10.1. The zero-order valence-electron chi connectivity index (χ0n) is 13.9. The predicted molar refractivity (Wildman–Crippen MR) is 92.7 cm³/mol. The summed E-state index contributed by atoms with van der Waals surface area (Å²) < 4.78 is 10.1. The minimum atomic E-state index is -0.696. The Labute approximate surface area is 145 Å². The molecule has 0 saturated heterocycles. The number of carbonyl (C=O) groups excluding carboxylic acids is 3. The van der Waals surface area contributed by atoms with E-state index >= 15 is 0 Å². The zero-order chi connectivity index (χ0) is 18.1. The first-order valence-electron chi connectivity index (χ1n) is 7.83. The van der Waals surface area contributed by atoms with Crippen molar-refractivity contribution in [1.29, 1.82) is 0 Å². The standard InChI is InChI=1S/C19H19NO5/c1-2-14-6-5-8-16(10-14)20-18(22)12-25-19(23)13-24-17-9-4-3-7-15(17)11-21/h3-11H,2,12-13H2,1H3,(H,20,22). The van der Waals surface area contributed by atoms with Gasteiger partial charge in [-0.15, -0.1) is 0 Å². The van der Waals surface area contributed by atoms with E-state index in [0.29, 0.717) is 17.5 Å². The molecule has 25 heavy (non-hydrogen) atoms. The van der Waals surface area contributed by atoms with Crippen molar-refractivity contribution < 1.29 is 23.9 Å². The average molecular weight is 341 g/mol. The molecular weight excluding hydrogens is 322 g/mol. The zero-order valence-corrected chi connectivity index (χ0v) is 13.9.